The summed E-state index contributed by atoms with van der Waals surface area (Å²) in [5.74, 6) is 1.46. The molecule has 8 heteroatoms. The van der Waals surface area contributed by atoms with Gasteiger partial charge >= 0.3 is 0 Å². The Balaban J connectivity index is 1.58. The maximum absolute atomic E-state index is 13.1. The molecule has 0 radical (unpaired) electrons. The van der Waals surface area contributed by atoms with Gasteiger partial charge in [-0.3, -0.25) is 4.57 Å². The molecule has 148 valence electrons. The van der Waals surface area contributed by atoms with Gasteiger partial charge in [-0.05, 0) is 54.1 Å². The van der Waals surface area contributed by atoms with Gasteiger partial charge in [0.25, 0.3) is 0 Å². The van der Waals surface area contributed by atoms with E-state index >= 15 is 0 Å². The summed E-state index contributed by atoms with van der Waals surface area (Å²) in [6.45, 7) is 0.451. The third-order valence-corrected chi connectivity index (χ3v) is 5.63. The normalized spacial score (nSPS) is 12.2. The zero-order valence-electron chi connectivity index (χ0n) is 15.2. The zero-order valence-corrected chi connectivity index (χ0v) is 16.8. The van der Waals surface area contributed by atoms with Gasteiger partial charge < -0.3 is 9.52 Å². The van der Waals surface area contributed by atoms with Crippen molar-refractivity contribution in [2.24, 2.45) is 0 Å². The summed E-state index contributed by atoms with van der Waals surface area (Å²) in [6, 6.07) is 16.9. The van der Waals surface area contributed by atoms with E-state index < -0.39 is 6.10 Å². The van der Waals surface area contributed by atoms with Gasteiger partial charge in [-0.2, -0.15) is 0 Å². The minimum absolute atomic E-state index is 0.334. The number of thioether (sulfide) groups is 1. The van der Waals surface area contributed by atoms with Crippen LogP contribution >= 0.6 is 23.4 Å². The molecule has 0 amide bonds. The molecule has 0 bridgehead atoms. The average Bonchev–Trinajstić information content (AvgIpc) is 3.38. The summed E-state index contributed by atoms with van der Waals surface area (Å²) in [6.07, 6.45) is 0.862. The van der Waals surface area contributed by atoms with Gasteiger partial charge in [-0.15, -0.1) is 10.2 Å². The van der Waals surface area contributed by atoms with Crippen LogP contribution in [0.5, 0.6) is 0 Å². The topological polar surface area (TPSA) is 64.1 Å². The third-order valence-electron chi connectivity index (χ3n) is 4.34. The van der Waals surface area contributed by atoms with Crippen molar-refractivity contribution in [3.05, 3.63) is 89.1 Å². The van der Waals surface area contributed by atoms with E-state index in [9.17, 15) is 9.50 Å². The lowest BCUT2D eigenvalue weighted by Gasteiger charge is -2.12. The molecule has 2 aromatic carbocycles. The third kappa shape index (κ3) is 4.70. The first-order chi connectivity index (χ1) is 14.1. The molecule has 0 saturated heterocycles. The molecule has 5 nitrogen and oxygen atoms in total. The lowest BCUT2D eigenvalue weighted by atomic mass is 10.1. The number of nitrogens with zero attached hydrogens (tertiary/aromatic N) is 3. The van der Waals surface area contributed by atoms with Crippen LogP contribution < -0.4 is 0 Å². The molecule has 2 aromatic heterocycles. The number of furan rings is 1. The van der Waals surface area contributed by atoms with E-state index in [1.165, 1.54) is 23.9 Å². The Morgan fingerprint density at radius 1 is 1.07 bits per heavy atom. The summed E-state index contributed by atoms with van der Waals surface area (Å²) in [5.41, 5.74) is 1.52. The molecule has 0 aliphatic carbocycles. The second-order valence-electron chi connectivity index (χ2n) is 6.36. The predicted molar refractivity (Wildman–Crippen MR) is 110 cm³/mol. The van der Waals surface area contributed by atoms with Crippen molar-refractivity contribution < 1.29 is 13.9 Å². The summed E-state index contributed by atoms with van der Waals surface area (Å²) in [7, 11) is 0. The van der Waals surface area contributed by atoms with E-state index in [1.807, 2.05) is 28.8 Å². The van der Waals surface area contributed by atoms with Gasteiger partial charge in [0.2, 0.25) is 0 Å². The summed E-state index contributed by atoms with van der Waals surface area (Å²) >= 11 is 7.37. The highest BCUT2D eigenvalue weighted by atomic mass is 35.5. The fourth-order valence-electron chi connectivity index (χ4n) is 2.84. The van der Waals surface area contributed by atoms with Gasteiger partial charge in [-0.25, -0.2) is 4.39 Å². The summed E-state index contributed by atoms with van der Waals surface area (Å²) in [5, 5.41) is 20.4. The minimum Gasteiger partial charge on any atom is -0.467 e. The molecule has 0 aliphatic heterocycles. The number of aliphatic hydroxyl groups excluding tert-OH is 1. The number of rotatable bonds is 7. The molecule has 1 atom stereocenters. The molecule has 0 fully saturated rings. The van der Waals surface area contributed by atoms with Crippen LogP contribution in [0.15, 0.2) is 76.5 Å². The van der Waals surface area contributed by atoms with Crippen LogP contribution in [0.3, 0.4) is 0 Å². The highest BCUT2D eigenvalue weighted by Gasteiger charge is 2.18. The van der Waals surface area contributed by atoms with E-state index in [0.29, 0.717) is 33.9 Å². The van der Waals surface area contributed by atoms with Gasteiger partial charge in [0.05, 0.1) is 18.9 Å². The van der Waals surface area contributed by atoms with Crippen molar-refractivity contribution in [1.82, 2.24) is 14.8 Å². The molecular formula is C21H17ClFN3O2S. The fourth-order valence-corrected chi connectivity index (χ4v) is 3.87. The van der Waals surface area contributed by atoms with Gasteiger partial charge in [0.15, 0.2) is 11.0 Å². The molecule has 2 heterocycles. The molecule has 4 rings (SSSR count). The second-order valence-corrected chi connectivity index (χ2v) is 7.78. The Hall–Kier alpha value is -2.61. The van der Waals surface area contributed by atoms with Crippen LogP contribution in [0.4, 0.5) is 4.39 Å². The van der Waals surface area contributed by atoms with Gasteiger partial charge in [0, 0.05) is 16.3 Å². The van der Waals surface area contributed by atoms with Crippen molar-refractivity contribution in [2.75, 3.05) is 5.75 Å². The van der Waals surface area contributed by atoms with Crippen molar-refractivity contribution in [2.45, 2.75) is 17.8 Å². The van der Waals surface area contributed by atoms with Crippen LogP contribution in [0.1, 0.15) is 17.4 Å². The molecule has 0 unspecified atom stereocenters. The molecule has 0 aliphatic rings. The molecule has 0 spiro atoms. The van der Waals surface area contributed by atoms with Crippen LogP contribution in [0, 0.1) is 5.82 Å². The number of halogens is 2. The van der Waals surface area contributed by atoms with Crippen LogP contribution in [-0.2, 0) is 6.54 Å². The number of aliphatic hydroxyl groups is 1. The Labute approximate surface area is 176 Å². The first kappa shape index (κ1) is 19.7. The highest BCUT2D eigenvalue weighted by molar-refractivity contribution is 7.99. The zero-order chi connectivity index (χ0) is 20.2. The maximum atomic E-state index is 13.1. The van der Waals surface area contributed by atoms with Gasteiger partial charge in [-0.1, -0.05) is 35.5 Å². The van der Waals surface area contributed by atoms with Crippen molar-refractivity contribution in [1.29, 1.82) is 0 Å². The van der Waals surface area contributed by atoms with E-state index in [-0.39, 0.29) is 5.82 Å². The van der Waals surface area contributed by atoms with E-state index in [2.05, 4.69) is 10.2 Å². The van der Waals surface area contributed by atoms with Crippen LogP contribution in [0.2, 0.25) is 5.02 Å². The Morgan fingerprint density at radius 2 is 1.83 bits per heavy atom. The van der Waals surface area contributed by atoms with Crippen molar-refractivity contribution >= 4 is 23.4 Å². The number of hydrogen-bond acceptors (Lipinski definition) is 5. The number of benzene rings is 2. The highest BCUT2D eigenvalue weighted by Crippen LogP contribution is 2.29. The maximum Gasteiger partial charge on any atom is 0.192 e. The molecule has 0 saturated carbocycles. The Morgan fingerprint density at radius 3 is 2.52 bits per heavy atom. The molecule has 1 N–H and O–H groups in total. The van der Waals surface area contributed by atoms with Crippen LogP contribution in [0.25, 0.3) is 11.4 Å². The standard InChI is InChI=1S/C21H17ClFN3O2S/c22-16-7-3-15(4-8-16)20-24-25-21(26(20)12-18-2-1-11-28-18)29-13-19(27)14-5-9-17(23)10-6-14/h1-11,19,27H,12-13H2/t19-/m0/s1. The van der Waals surface area contributed by atoms with E-state index in [0.717, 1.165) is 11.3 Å². The minimum atomic E-state index is -0.756. The smallest absolute Gasteiger partial charge is 0.192 e. The summed E-state index contributed by atoms with van der Waals surface area (Å²) < 4.78 is 20.5. The first-order valence-corrected chi connectivity index (χ1v) is 10.2. The molecule has 29 heavy (non-hydrogen) atoms. The lowest BCUT2D eigenvalue weighted by Crippen LogP contribution is -2.06. The van der Waals surface area contributed by atoms with Crippen molar-refractivity contribution in [3.63, 3.8) is 0 Å². The fraction of sp³-hybridized carbons (Fsp3) is 0.143. The second kappa shape index (κ2) is 8.82. The number of hydrogen-bond donors (Lipinski definition) is 1. The molecule has 4 aromatic rings. The van der Waals surface area contributed by atoms with Crippen LogP contribution in [-0.4, -0.2) is 25.6 Å². The average molecular weight is 430 g/mol. The Kier molecular flexibility index (Phi) is 5.99. The largest absolute Gasteiger partial charge is 0.467 e. The monoisotopic (exact) mass is 429 g/mol. The van der Waals surface area contributed by atoms with E-state index in [1.54, 1.807) is 30.5 Å². The van der Waals surface area contributed by atoms with E-state index in [4.69, 9.17) is 16.0 Å². The first-order valence-electron chi connectivity index (χ1n) is 8.88. The number of aromatic nitrogens is 3. The van der Waals surface area contributed by atoms with Crippen molar-refractivity contribution in [3.8, 4) is 11.4 Å². The lowest BCUT2D eigenvalue weighted by molar-refractivity contribution is 0.204. The van der Waals surface area contributed by atoms with Gasteiger partial charge in [0.1, 0.15) is 11.6 Å². The summed E-state index contributed by atoms with van der Waals surface area (Å²) in [4.78, 5) is 0. The molecular weight excluding hydrogens is 413 g/mol. The quantitative estimate of drug-likeness (QED) is 0.409. The predicted octanol–water partition coefficient (Wildman–Crippen LogP) is 5.20. The Bertz CT molecular complexity index is 1070. The SMILES string of the molecule is O[C@@H](CSc1nnc(-c2ccc(Cl)cc2)n1Cc1ccco1)c1ccc(F)cc1.